The molecule has 1 unspecified atom stereocenters. The van der Waals surface area contributed by atoms with Crippen molar-refractivity contribution in [1.29, 1.82) is 0 Å². The first kappa shape index (κ1) is 14.9. The highest BCUT2D eigenvalue weighted by Gasteiger charge is 2.13. The quantitative estimate of drug-likeness (QED) is 0.831. The average Bonchev–Trinajstić information content (AvgIpc) is 2.28. The summed E-state index contributed by atoms with van der Waals surface area (Å²) in [6.45, 7) is 6.14. The van der Waals surface area contributed by atoms with Gasteiger partial charge in [-0.15, -0.1) is 0 Å². The first-order valence-electron chi connectivity index (χ1n) is 6.20. The fraction of sp³-hybridized carbons (Fsp3) is 0.500. The van der Waals surface area contributed by atoms with E-state index in [2.05, 4.69) is 24.5 Å². The van der Waals surface area contributed by atoms with E-state index in [1.54, 1.807) is 11.8 Å². The minimum absolute atomic E-state index is 0.0136. The fourth-order valence-corrected chi connectivity index (χ4v) is 2.29. The number of nitrogens with one attached hydrogen (secondary N) is 2. The van der Waals surface area contributed by atoms with Crippen LogP contribution in [0.3, 0.4) is 0 Å². The van der Waals surface area contributed by atoms with E-state index in [-0.39, 0.29) is 11.9 Å². The number of carbonyl (C=O) groups excluding carboxylic acids is 1. The monoisotopic (exact) mass is 266 g/mol. The number of hydrogen-bond donors (Lipinski definition) is 2. The summed E-state index contributed by atoms with van der Waals surface area (Å²) in [6, 6.07) is 8.11. The second-order valence-electron chi connectivity index (χ2n) is 4.67. The molecule has 4 heteroatoms. The number of benzene rings is 1. The summed E-state index contributed by atoms with van der Waals surface area (Å²) in [5, 5.41) is 6.30. The van der Waals surface area contributed by atoms with Crippen molar-refractivity contribution in [3.63, 3.8) is 0 Å². The van der Waals surface area contributed by atoms with E-state index in [0.29, 0.717) is 11.6 Å². The van der Waals surface area contributed by atoms with Crippen molar-refractivity contribution in [2.45, 2.75) is 32.9 Å². The summed E-state index contributed by atoms with van der Waals surface area (Å²) in [4.78, 5) is 12.2. The molecular formula is C14H22N2OS. The fourth-order valence-electron chi connectivity index (χ4n) is 1.71. The Balaban J connectivity index is 2.78. The third-order valence-electron chi connectivity index (χ3n) is 2.41. The van der Waals surface area contributed by atoms with Crippen LogP contribution in [0.2, 0.25) is 0 Å². The van der Waals surface area contributed by atoms with Crippen molar-refractivity contribution >= 4 is 23.4 Å². The maximum atomic E-state index is 12.2. The van der Waals surface area contributed by atoms with E-state index in [1.165, 1.54) is 0 Å². The van der Waals surface area contributed by atoms with E-state index in [1.807, 2.05) is 37.4 Å². The molecule has 0 spiro atoms. The number of rotatable bonds is 6. The SMILES string of the molecule is CSCC(C)NC(=O)c1ccccc1NC(C)C. The zero-order valence-electron chi connectivity index (χ0n) is 11.5. The topological polar surface area (TPSA) is 41.1 Å². The smallest absolute Gasteiger partial charge is 0.253 e. The molecule has 1 atom stereocenters. The minimum Gasteiger partial charge on any atom is -0.382 e. The minimum atomic E-state index is -0.0136. The molecule has 0 radical (unpaired) electrons. The molecule has 0 saturated heterocycles. The van der Waals surface area contributed by atoms with E-state index in [4.69, 9.17) is 0 Å². The molecule has 2 N–H and O–H groups in total. The number of para-hydroxylation sites is 1. The number of amides is 1. The molecule has 1 aromatic rings. The van der Waals surface area contributed by atoms with Crippen molar-refractivity contribution in [2.75, 3.05) is 17.3 Å². The van der Waals surface area contributed by atoms with Gasteiger partial charge in [-0.3, -0.25) is 4.79 Å². The molecule has 100 valence electrons. The van der Waals surface area contributed by atoms with Gasteiger partial charge in [0.1, 0.15) is 0 Å². The molecule has 0 saturated carbocycles. The molecule has 0 bridgehead atoms. The molecule has 0 aliphatic carbocycles. The number of anilines is 1. The lowest BCUT2D eigenvalue weighted by Crippen LogP contribution is -2.34. The summed E-state index contributed by atoms with van der Waals surface area (Å²) in [5.41, 5.74) is 1.60. The van der Waals surface area contributed by atoms with E-state index >= 15 is 0 Å². The van der Waals surface area contributed by atoms with E-state index < -0.39 is 0 Å². The Hall–Kier alpha value is -1.16. The first-order chi connectivity index (χ1) is 8.54. The second kappa shape index (κ2) is 7.31. The van der Waals surface area contributed by atoms with Crippen LogP contribution in [0.1, 0.15) is 31.1 Å². The highest BCUT2D eigenvalue weighted by Crippen LogP contribution is 2.16. The van der Waals surface area contributed by atoms with Crippen LogP contribution in [-0.4, -0.2) is 30.0 Å². The highest BCUT2D eigenvalue weighted by atomic mass is 32.2. The van der Waals surface area contributed by atoms with Crippen LogP contribution in [0.15, 0.2) is 24.3 Å². The predicted molar refractivity (Wildman–Crippen MR) is 80.5 cm³/mol. The highest BCUT2D eigenvalue weighted by molar-refractivity contribution is 7.98. The van der Waals surface area contributed by atoms with Crippen LogP contribution in [0, 0.1) is 0 Å². The maximum absolute atomic E-state index is 12.2. The molecular weight excluding hydrogens is 244 g/mol. The Morgan fingerprint density at radius 2 is 1.94 bits per heavy atom. The maximum Gasteiger partial charge on any atom is 0.253 e. The zero-order chi connectivity index (χ0) is 13.5. The van der Waals surface area contributed by atoms with Crippen LogP contribution in [0.5, 0.6) is 0 Å². The molecule has 3 nitrogen and oxygen atoms in total. The van der Waals surface area contributed by atoms with Crippen molar-refractivity contribution in [3.8, 4) is 0 Å². The third-order valence-corrected chi connectivity index (χ3v) is 3.24. The van der Waals surface area contributed by atoms with Crippen LogP contribution >= 0.6 is 11.8 Å². The van der Waals surface area contributed by atoms with Crippen LogP contribution in [0.25, 0.3) is 0 Å². The summed E-state index contributed by atoms with van der Waals surface area (Å²) < 4.78 is 0. The van der Waals surface area contributed by atoms with Crippen molar-refractivity contribution in [2.24, 2.45) is 0 Å². The molecule has 0 aromatic heterocycles. The van der Waals surface area contributed by atoms with Crippen molar-refractivity contribution < 1.29 is 4.79 Å². The number of thioether (sulfide) groups is 1. The molecule has 0 fully saturated rings. The molecule has 0 aliphatic rings. The lowest BCUT2D eigenvalue weighted by Gasteiger charge is -2.17. The van der Waals surface area contributed by atoms with Crippen molar-refractivity contribution in [1.82, 2.24) is 5.32 Å². The summed E-state index contributed by atoms with van der Waals surface area (Å²) >= 11 is 1.73. The van der Waals surface area contributed by atoms with Crippen LogP contribution in [-0.2, 0) is 0 Å². The molecule has 1 rings (SSSR count). The lowest BCUT2D eigenvalue weighted by molar-refractivity contribution is 0.0944. The van der Waals surface area contributed by atoms with Gasteiger partial charge in [-0.25, -0.2) is 0 Å². The summed E-state index contributed by atoms with van der Waals surface area (Å²) in [5.74, 6) is 0.909. The van der Waals surface area contributed by atoms with Crippen LogP contribution in [0.4, 0.5) is 5.69 Å². The Kier molecular flexibility index (Phi) is 6.05. The standard InChI is InChI=1S/C14H22N2OS/c1-10(2)15-13-8-6-5-7-12(13)14(17)16-11(3)9-18-4/h5-8,10-11,15H,9H2,1-4H3,(H,16,17). The molecule has 0 aliphatic heterocycles. The number of carbonyl (C=O) groups is 1. The van der Waals surface area contributed by atoms with Gasteiger partial charge in [-0.2, -0.15) is 11.8 Å². The van der Waals surface area contributed by atoms with E-state index in [0.717, 1.165) is 11.4 Å². The Bertz CT molecular complexity index is 393. The molecule has 1 amide bonds. The van der Waals surface area contributed by atoms with Gasteiger partial charge in [0.2, 0.25) is 0 Å². The lowest BCUT2D eigenvalue weighted by atomic mass is 10.1. The predicted octanol–water partition coefficient (Wildman–Crippen LogP) is 2.99. The van der Waals surface area contributed by atoms with Gasteiger partial charge in [0.05, 0.1) is 5.56 Å². The Morgan fingerprint density at radius 3 is 2.56 bits per heavy atom. The second-order valence-corrected chi connectivity index (χ2v) is 5.59. The van der Waals surface area contributed by atoms with Gasteiger partial charge in [0, 0.05) is 23.5 Å². The molecule has 1 aromatic carbocycles. The average molecular weight is 266 g/mol. The third kappa shape index (κ3) is 4.61. The van der Waals surface area contributed by atoms with Gasteiger partial charge in [-0.05, 0) is 39.2 Å². The first-order valence-corrected chi connectivity index (χ1v) is 7.59. The largest absolute Gasteiger partial charge is 0.382 e. The Morgan fingerprint density at radius 1 is 1.28 bits per heavy atom. The van der Waals surface area contributed by atoms with Gasteiger partial charge < -0.3 is 10.6 Å². The van der Waals surface area contributed by atoms with Gasteiger partial charge >= 0.3 is 0 Å². The van der Waals surface area contributed by atoms with E-state index in [9.17, 15) is 4.79 Å². The Labute approximate surface area is 114 Å². The van der Waals surface area contributed by atoms with Gasteiger partial charge in [0.15, 0.2) is 0 Å². The van der Waals surface area contributed by atoms with Crippen molar-refractivity contribution in [3.05, 3.63) is 29.8 Å². The molecule has 0 heterocycles. The normalized spacial score (nSPS) is 12.3. The summed E-state index contributed by atoms with van der Waals surface area (Å²) in [7, 11) is 0. The van der Waals surface area contributed by atoms with Crippen LogP contribution < -0.4 is 10.6 Å². The number of hydrogen-bond acceptors (Lipinski definition) is 3. The zero-order valence-corrected chi connectivity index (χ0v) is 12.3. The molecule has 18 heavy (non-hydrogen) atoms. The summed E-state index contributed by atoms with van der Waals surface area (Å²) in [6.07, 6.45) is 2.04. The van der Waals surface area contributed by atoms with Gasteiger partial charge in [-0.1, -0.05) is 12.1 Å². The van der Waals surface area contributed by atoms with Gasteiger partial charge in [0.25, 0.3) is 5.91 Å².